The van der Waals surface area contributed by atoms with Gasteiger partial charge in [-0.05, 0) is 24.6 Å². The molecule has 1 aliphatic heterocycles. The predicted molar refractivity (Wildman–Crippen MR) is 91.8 cm³/mol. The monoisotopic (exact) mass is 381 g/mol. The number of aromatic nitrogens is 2. The molecule has 3 rings (SSSR count). The number of carbonyl (C=O) groups excluding carboxylic acids is 1. The molecule has 0 bridgehead atoms. The number of hydrogen-bond acceptors (Lipinski definition) is 9. The van der Waals surface area contributed by atoms with E-state index in [2.05, 4.69) is 15.5 Å². The minimum Gasteiger partial charge on any atom is -0.394 e. The number of hydrogen-bond donors (Lipinski definition) is 5. The van der Waals surface area contributed by atoms with Gasteiger partial charge >= 0.3 is 0 Å². The number of aliphatic hydroxyl groups is 4. The second kappa shape index (κ2) is 7.74. The lowest BCUT2D eigenvalue weighted by Gasteiger charge is -2.40. The first-order chi connectivity index (χ1) is 12.4. The second-order valence-electron chi connectivity index (χ2n) is 5.96. The molecule has 26 heavy (non-hydrogen) atoms. The molecule has 0 unspecified atom stereocenters. The number of anilines is 1. The van der Waals surface area contributed by atoms with E-state index in [0.717, 1.165) is 5.01 Å². The molecule has 0 radical (unpaired) electrons. The van der Waals surface area contributed by atoms with Crippen LogP contribution in [0.5, 0.6) is 0 Å². The molecule has 1 amide bonds. The van der Waals surface area contributed by atoms with Crippen molar-refractivity contribution in [3.05, 3.63) is 40.4 Å². The van der Waals surface area contributed by atoms with E-state index in [1.165, 1.54) is 17.4 Å². The largest absolute Gasteiger partial charge is 0.394 e. The van der Waals surface area contributed by atoms with Gasteiger partial charge in [0.1, 0.15) is 35.5 Å². The highest BCUT2D eigenvalue weighted by Gasteiger charge is 2.44. The van der Waals surface area contributed by atoms with Crippen LogP contribution in [0.15, 0.2) is 24.3 Å². The Kier molecular flexibility index (Phi) is 5.61. The van der Waals surface area contributed by atoms with E-state index in [-0.39, 0.29) is 0 Å². The summed E-state index contributed by atoms with van der Waals surface area (Å²) in [7, 11) is 0. The summed E-state index contributed by atoms with van der Waals surface area (Å²) in [5.74, 6) is -0.410. The molecule has 0 saturated carbocycles. The lowest BCUT2D eigenvalue weighted by atomic mass is 9.90. The Labute approximate surface area is 152 Å². The molecule has 9 nitrogen and oxygen atoms in total. The Bertz CT molecular complexity index is 783. The molecule has 2 heterocycles. The van der Waals surface area contributed by atoms with Crippen molar-refractivity contribution in [3.8, 4) is 0 Å². The highest BCUT2D eigenvalue weighted by Crippen LogP contribution is 2.32. The third-order valence-electron chi connectivity index (χ3n) is 4.12. The molecule has 1 saturated heterocycles. The van der Waals surface area contributed by atoms with E-state index >= 15 is 0 Å². The third kappa shape index (κ3) is 3.75. The maximum atomic E-state index is 12.4. The highest BCUT2D eigenvalue weighted by atomic mass is 32.1. The Balaban J connectivity index is 1.81. The molecule has 1 aromatic heterocycles. The van der Waals surface area contributed by atoms with Crippen molar-refractivity contribution >= 4 is 22.4 Å². The second-order valence-corrected chi connectivity index (χ2v) is 7.14. The first kappa shape index (κ1) is 18.8. The van der Waals surface area contributed by atoms with Crippen LogP contribution in [0.25, 0.3) is 0 Å². The standard InChI is InChI=1S/C16H19N3O6S/c1-7-18-19-16(26-7)17-15(24)9-4-2-3-8(5-9)14-13(23)12(22)11(21)10(6-20)25-14/h2-5,10-14,20-23H,6H2,1H3,(H,17,19,24)/t10-,11-,12+,13+,14-/m1/s1. The summed E-state index contributed by atoms with van der Waals surface area (Å²) in [5, 5.41) is 50.6. The van der Waals surface area contributed by atoms with Crippen molar-refractivity contribution in [1.29, 1.82) is 0 Å². The van der Waals surface area contributed by atoms with Crippen molar-refractivity contribution in [3.63, 3.8) is 0 Å². The predicted octanol–water partition coefficient (Wildman–Crippen LogP) is -0.386. The molecular formula is C16H19N3O6S. The lowest BCUT2D eigenvalue weighted by Crippen LogP contribution is -2.55. The van der Waals surface area contributed by atoms with Crippen molar-refractivity contribution in [2.45, 2.75) is 37.4 Å². The maximum Gasteiger partial charge on any atom is 0.257 e. The van der Waals surface area contributed by atoms with Gasteiger partial charge in [0.05, 0.1) is 6.61 Å². The van der Waals surface area contributed by atoms with Gasteiger partial charge in [0.15, 0.2) is 0 Å². The molecule has 1 aromatic carbocycles. The summed E-state index contributed by atoms with van der Waals surface area (Å²) in [6.45, 7) is 1.26. The maximum absolute atomic E-state index is 12.4. The van der Waals surface area contributed by atoms with Gasteiger partial charge in [-0.25, -0.2) is 0 Å². The molecular weight excluding hydrogens is 362 g/mol. The Morgan fingerprint density at radius 2 is 2.00 bits per heavy atom. The Morgan fingerprint density at radius 3 is 2.65 bits per heavy atom. The fourth-order valence-electron chi connectivity index (χ4n) is 2.75. The van der Waals surface area contributed by atoms with E-state index in [9.17, 15) is 25.2 Å². The minimum absolute atomic E-state index is 0.298. The summed E-state index contributed by atoms with van der Waals surface area (Å²) in [6.07, 6.45) is -6.33. The summed E-state index contributed by atoms with van der Waals surface area (Å²) < 4.78 is 5.51. The van der Waals surface area contributed by atoms with Crippen molar-refractivity contribution in [2.75, 3.05) is 11.9 Å². The van der Waals surface area contributed by atoms with Crippen molar-refractivity contribution in [2.24, 2.45) is 0 Å². The molecule has 5 atom stereocenters. The van der Waals surface area contributed by atoms with Crippen LogP contribution < -0.4 is 5.32 Å². The molecule has 0 aliphatic carbocycles. The first-order valence-electron chi connectivity index (χ1n) is 7.92. The molecule has 1 aliphatic rings. The van der Waals surface area contributed by atoms with Gasteiger partial charge < -0.3 is 25.2 Å². The van der Waals surface area contributed by atoms with Crippen LogP contribution in [0.4, 0.5) is 5.13 Å². The topological polar surface area (TPSA) is 145 Å². The Hall–Kier alpha value is -1.95. The van der Waals surface area contributed by atoms with Gasteiger partial charge in [-0.1, -0.05) is 23.5 Å². The number of aliphatic hydroxyl groups excluding tert-OH is 4. The zero-order chi connectivity index (χ0) is 18.8. The third-order valence-corrected chi connectivity index (χ3v) is 4.87. The molecule has 10 heteroatoms. The first-order valence-corrected chi connectivity index (χ1v) is 8.74. The Morgan fingerprint density at radius 1 is 1.23 bits per heavy atom. The van der Waals surface area contributed by atoms with E-state index < -0.39 is 43.0 Å². The van der Waals surface area contributed by atoms with Crippen molar-refractivity contribution in [1.82, 2.24) is 10.2 Å². The van der Waals surface area contributed by atoms with Crippen LogP contribution in [0, 0.1) is 6.92 Å². The van der Waals surface area contributed by atoms with Crippen LogP contribution in [0.1, 0.15) is 27.0 Å². The van der Waals surface area contributed by atoms with Crippen LogP contribution in [-0.4, -0.2) is 67.6 Å². The van der Waals surface area contributed by atoms with Gasteiger partial charge in [0, 0.05) is 5.56 Å². The summed E-state index contributed by atoms with van der Waals surface area (Å²) in [5.41, 5.74) is 0.732. The van der Waals surface area contributed by atoms with Gasteiger partial charge in [-0.15, -0.1) is 10.2 Å². The number of rotatable bonds is 4. The molecule has 1 fully saturated rings. The summed E-state index contributed by atoms with van der Waals surface area (Å²) in [6, 6.07) is 6.32. The molecule has 2 aromatic rings. The number of ether oxygens (including phenoxy) is 1. The average Bonchev–Trinajstić information content (AvgIpc) is 3.05. The SMILES string of the molecule is Cc1nnc(NC(=O)c2cccc([C@H]3O[C@H](CO)[C@@H](O)[C@H](O)[C@@H]3O)c2)s1. The van der Waals surface area contributed by atoms with Gasteiger partial charge in [-0.2, -0.15) is 0 Å². The fraction of sp³-hybridized carbons (Fsp3) is 0.438. The zero-order valence-corrected chi connectivity index (χ0v) is 14.6. The summed E-state index contributed by atoms with van der Waals surface area (Å²) in [4.78, 5) is 12.4. The summed E-state index contributed by atoms with van der Waals surface area (Å²) >= 11 is 1.24. The number of aryl methyl sites for hydroxylation is 1. The van der Waals surface area contributed by atoms with E-state index in [0.29, 0.717) is 16.3 Å². The normalized spacial score (nSPS) is 28.7. The number of benzene rings is 1. The van der Waals surface area contributed by atoms with Gasteiger partial charge in [0.2, 0.25) is 5.13 Å². The number of nitrogens with one attached hydrogen (secondary N) is 1. The number of nitrogens with zero attached hydrogens (tertiary/aromatic N) is 2. The molecule has 5 N–H and O–H groups in total. The van der Waals surface area contributed by atoms with Crippen LogP contribution >= 0.6 is 11.3 Å². The zero-order valence-electron chi connectivity index (χ0n) is 13.8. The van der Waals surface area contributed by atoms with Crippen molar-refractivity contribution < 1.29 is 30.0 Å². The number of carbonyl (C=O) groups is 1. The smallest absolute Gasteiger partial charge is 0.257 e. The quantitative estimate of drug-likeness (QED) is 0.482. The minimum atomic E-state index is -1.48. The van der Waals surface area contributed by atoms with Crippen LogP contribution in [0.3, 0.4) is 0 Å². The van der Waals surface area contributed by atoms with Crippen LogP contribution in [0.2, 0.25) is 0 Å². The average molecular weight is 381 g/mol. The van der Waals surface area contributed by atoms with Gasteiger partial charge in [0.25, 0.3) is 5.91 Å². The van der Waals surface area contributed by atoms with E-state index in [1.54, 1.807) is 25.1 Å². The lowest BCUT2D eigenvalue weighted by molar-refractivity contribution is -0.231. The fourth-order valence-corrected chi connectivity index (χ4v) is 3.34. The highest BCUT2D eigenvalue weighted by molar-refractivity contribution is 7.15. The van der Waals surface area contributed by atoms with Gasteiger partial charge in [-0.3, -0.25) is 10.1 Å². The van der Waals surface area contributed by atoms with Crippen LogP contribution in [-0.2, 0) is 4.74 Å². The van der Waals surface area contributed by atoms with E-state index in [1.807, 2.05) is 0 Å². The number of amides is 1. The van der Waals surface area contributed by atoms with E-state index in [4.69, 9.17) is 4.74 Å². The molecule has 140 valence electrons. The molecule has 0 spiro atoms.